The fourth-order valence-electron chi connectivity index (χ4n) is 16.2. The first kappa shape index (κ1) is 106. The zero-order chi connectivity index (χ0) is 99.1. The van der Waals surface area contributed by atoms with Gasteiger partial charge in [-0.05, 0) is 185 Å². The average Bonchev–Trinajstić information content (AvgIpc) is 1.52. The second-order valence-corrected chi connectivity index (χ2v) is 33.3. The molecule has 0 radical (unpaired) electrons. The minimum atomic E-state index is -1.89. The molecule has 3 fully saturated rings. The number of nitrogens with one attached hydrogen (secondary N) is 28. The molecule has 14 amide bonds. The van der Waals surface area contributed by atoms with Gasteiger partial charge in [0.15, 0.2) is 41.4 Å². The summed E-state index contributed by atoms with van der Waals surface area (Å²) in [6.07, 6.45) is -1.61. The Labute approximate surface area is 783 Å². The molecular weight excluding hydrogens is 1770 g/mol. The molecule has 5 heterocycles. The van der Waals surface area contributed by atoms with Gasteiger partial charge in [-0.15, -0.1) is 0 Å². The highest BCUT2D eigenvalue weighted by atomic mass is 16.6. The molecule has 1 spiro atoms. The molecule has 8 rings (SSSR count). The molecule has 136 heavy (non-hydrogen) atoms. The van der Waals surface area contributed by atoms with Crippen LogP contribution in [0.2, 0.25) is 0 Å². The molecule has 3 saturated heterocycles. The summed E-state index contributed by atoms with van der Waals surface area (Å²) in [5.74, 6) is -14.1. The molecule has 3 aromatic carbocycles. The maximum Gasteiger partial charge on any atom is 0.340 e. The Hall–Kier alpha value is -15.0. The van der Waals surface area contributed by atoms with E-state index >= 15 is 28.8 Å². The van der Waals surface area contributed by atoms with Crippen LogP contribution in [-0.4, -0.2) is 282 Å². The van der Waals surface area contributed by atoms with Gasteiger partial charge in [0.05, 0.1) is 25.2 Å². The van der Waals surface area contributed by atoms with Crippen molar-refractivity contribution in [3.63, 3.8) is 0 Å². The van der Waals surface area contributed by atoms with E-state index in [9.17, 15) is 43.2 Å². The third-order valence-corrected chi connectivity index (χ3v) is 23.3. The van der Waals surface area contributed by atoms with Crippen LogP contribution < -0.4 is 162 Å². The molecule has 0 saturated carbocycles. The van der Waals surface area contributed by atoms with Crippen LogP contribution in [0, 0.1) is 32.5 Å². The van der Waals surface area contributed by atoms with Crippen LogP contribution in [0.1, 0.15) is 159 Å². The number of piperidine rings is 3. The number of esters is 1. The highest BCUT2D eigenvalue weighted by molar-refractivity contribution is 6.04. The van der Waals surface area contributed by atoms with Crippen molar-refractivity contribution in [1.29, 1.82) is 32.5 Å². The van der Waals surface area contributed by atoms with E-state index in [1.165, 1.54) is 12.1 Å². The van der Waals surface area contributed by atoms with Crippen LogP contribution in [0.3, 0.4) is 0 Å². The van der Waals surface area contributed by atoms with E-state index < -0.39 is 197 Å². The fourth-order valence-corrected chi connectivity index (χ4v) is 16.2. The monoisotopic (exact) mass is 1900 g/mol. The van der Waals surface area contributed by atoms with Crippen molar-refractivity contribution in [2.24, 2.45) is 40.1 Å². The van der Waals surface area contributed by atoms with Gasteiger partial charge in [-0.2, -0.15) is 0 Å². The van der Waals surface area contributed by atoms with E-state index in [2.05, 4.69) is 117 Å². The zero-order valence-electron chi connectivity index (χ0n) is 75.5. The van der Waals surface area contributed by atoms with Gasteiger partial charge in [0.2, 0.25) is 76.8 Å². The molecule has 5 aliphatic rings. The van der Waals surface area contributed by atoms with Gasteiger partial charge in [0.25, 0.3) is 5.91 Å². The fraction of sp³-hybridized carbons (Fsp3) is 0.536. The number of ether oxygens (including phenoxy) is 2. The van der Waals surface area contributed by atoms with Crippen molar-refractivity contribution >= 4 is 124 Å². The summed E-state index contributed by atoms with van der Waals surface area (Å²) in [5.41, 5.74) is 33.7. The highest BCUT2D eigenvalue weighted by Gasteiger charge is 2.55. The van der Waals surface area contributed by atoms with E-state index in [-0.39, 0.29) is 224 Å². The number of guanidine groups is 6. The van der Waals surface area contributed by atoms with E-state index in [4.69, 9.17) is 82.1 Å². The maximum atomic E-state index is 15.5. The number of para-hydroxylation sites is 2. The van der Waals surface area contributed by atoms with Gasteiger partial charge in [-0.3, -0.25) is 99.6 Å². The van der Waals surface area contributed by atoms with E-state index in [0.717, 1.165) is 0 Å². The summed E-state index contributed by atoms with van der Waals surface area (Å²) in [7, 11) is 0. The van der Waals surface area contributed by atoms with Gasteiger partial charge < -0.3 is 167 Å². The number of primary amides is 1. The first-order chi connectivity index (χ1) is 64.9. The number of nitrogens with two attached hydrogens (primary N) is 7. The van der Waals surface area contributed by atoms with Crippen LogP contribution in [0.25, 0.3) is 0 Å². The average molecular weight is 1900 g/mol. The van der Waals surface area contributed by atoms with Crippen molar-refractivity contribution in [2.75, 3.05) is 105 Å². The quantitative estimate of drug-likeness (QED) is 0.0108. The van der Waals surface area contributed by atoms with Gasteiger partial charge in [-0.25, -0.2) is 4.79 Å². The number of fused-ring (bicyclic) bond motifs is 6. The van der Waals surface area contributed by atoms with Crippen molar-refractivity contribution in [2.45, 2.75) is 180 Å². The third kappa shape index (κ3) is 31.6. The summed E-state index contributed by atoms with van der Waals surface area (Å²) >= 11 is 0. The van der Waals surface area contributed by atoms with Crippen LogP contribution >= 0.6 is 0 Å². The second kappa shape index (κ2) is 51.9. The van der Waals surface area contributed by atoms with E-state index in [0.29, 0.717) is 28.2 Å². The number of rotatable bonds is 52. The standard InChI is InChI=1S/C84H129N35O17/c85-60(120)44-108-62(122)45-109-63(123)46-110-72(132)81(24-37-98-38-25-81)117-68(128)55(16-8-33-105-78(92)93)113-66(126)53(14-6-31-103-76(88)89)115-74(134)83(28-41-100-42-29-83)119-70(130)57(18-10-35-107-80(96)97)114-67(127)54(15-7-32-104-77(90)91)116-73(133)82(26-39-99-40-27-82)118-69(129)56(17-9-34-106-79(94)95)112-65(125)52(13-5-30-102-75(86)87)111-61(121)23-36-101-64(124)47-21-22-48-51(43-47)84(136-71(48)131)49-11-1-3-19-58(49)135-59-20-4-2-12-50(59)84/h1-4,11-12,19-22,43,52-57,98-100H,5-10,13-18,23-42,44-46H2,(H2,85,120)(H,101,124)(H,108,122)(H,109,123)(H,110,132)(H,111,121)(H,112,125)(H,113,126)(H,114,127)(H,115,134)(H,116,133)(H,117,128)(H,118,129)(H,119,130)(H4,86,87,102)(H4,88,89,103)(H4,90,91,104)(H4,92,93,105)(H4,94,95,106)(H4,96,97,107)/t52-,53-,54-,55-,56-,57-/m0/s1. The maximum absolute atomic E-state index is 15.5. The highest BCUT2D eigenvalue weighted by Crippen LogP contribution is 2.56. The lowest BCUT2D eigenvalue weighted by atomic mass is 9.77. The molecule has 0 unspecified atom stereocenters. The Morgan fingerprint density at radius 1 is 0.346 bits per heavy atom. The predicted octanol–water partition coefficient (Wildman–Crippen LogP) is -9.59. The second-order valence-electron chi connectivity index (χ2n) is 33.3. The largest absolute Gasteiger partial charge is 0.456 e. The lowest BCUT2D eigenvalue weighted by Gasteiger charge is -2.40. The number of hydrogen-bond acceptors (Lipinski definition) is 26. The minimum Gasteiger partial charge on any atom is -0.456 e. The van der Waals surface area contributed by atoms with Gasteiger partial charge in [0.1, 0.15) is 64.4 Å². The summed E-state index contributed by atoms with van der Waals surface area (Å²) in [5, 5.41) is 107. The number of carbonyl (C=O) groups excluding carboxylic acids is 15. The normalized spacial score (nSPS) is 16.1. The lowest BCUT2D eigenvalue weighted by Crippen LogP contribution is -2.68. The molecule has 0 aliphatic carbocycles. The summed E-state index contributed by atoms with van der Waals surface area (Å²) in [4.78, 5) is 213. The molecule has 52 heteroatoms. The zero-order valence-corrected chi connectivity index (χ0v) is 75.5. The molecule has 0 aromatic heterocycles. The Bertz CT molecular complexity index is 4820. The molecule has 742 valence electrons. The topological polar surface area (TPSA) is 864 Å². The summed E-state index contributed by atoms with van der Waals surface area (Å²) in [6.45, 7) is -1.09. The lowest BCUT2D eigenvalue weighted by molar-refractivity contribution is -0.140. The summed E-state index contributed by atoms with van der Waals surface area (Å²) < 4.78 is 12.4. The smallest absolute Gasteiger partial charge is 0.340 e. The first-order valence-corrected chi connectivity index (χ1v) is 44.9. The van der Waals surface area contributed by atoms with Crippen molar-refractivity contribution in [1.82, 2.24) is 117 Å². The van der Waals surface area contributed by atoms with Crippen LogP contribution in [0.4, 0.5) is 0 Å². The van der Waals surface area contributed by atoms with E-state index in [1.54, 1.807) is 54.6 Å². The Morgan fingerprint density at radius 3 is 1.02 bits per heavy atom. The molecule has 0 bridgehead atoms. The molecule has 3 aromatic rings. The molecular formula is C84H129N35O17. The SMILES string of the molecule is N=C(N)NCCC[C@H](NC(=O)CCNC(=O)c1ccc2c(c1)C1(OC2=O)c2ccccc2Oc2ccccc21)C(=O)N[C@@H](CCCNC(=N)N)C(=O)NC1(C(=O)N[C@@H](CCCNC(=N)N)C(=O)N[C@@H](CCCNC(=N)N)C(=O)NC2(C(=O)N[C@@H](CCCNC(=N)N)C(=O)N[C@@H](CCCNC(=N)N)C(=O)NC3(C(=O)NCC(=O)NCC(=O)NCC(N)=O)CCNCC3)CCNCC2)CCNCC1. The minimum absolute atomic E-state index is 0.00339. The first-order valence-electron chi connectivity index (χ1n) is 44.9. The summed E-state index contributed by atoms with van der Waals surface area (Å²) in [6, 6.07) is 9.50. The third-order valence-electron chi connectivity index (χ3n) is 23.3. The molecule has 6 atom stereocenters. The molecule has 5 aliphatic heterocycles. The van der Waals surface area contributed by atoms with Crippen LogP contribution in [-0.2, 0) is 72.7 Å². The Morgan fingerprint density at radius 2 is 0.669 bits per heavy atom. The Balaban J connectivity index is 1.00. The van der Waals surface area contributed by atoms with Crippen molar-refractivity contribution < 1.29 is 81.4 Å². The predicted molar refractivity (Wildman–Crippen MR) is 495 cm³/mol. The number of amides is 14. The van der Waals surface area contributed by atoms with Crippen LogP contribution in [0.15, 0.2) is 66.7 Å². The molecule has 42 N–H and O–H groups in total. The van der Waals surface area contributed by atoms with Gasteiger partial charge in [-0.1, -0.05) is 36.4 Å². The number of benzene rings is 3. The van der Waals surface area contributed by atoms with Gasteiger partial charge >= 0.3 is 5.97 Å². The Kier molecular flexibility index (Phi) is 40.6. The number of hydrogen-bond donors (Lipinski definition) is 35. The molecule has 52 nitrogen and oxygen atoms in total. The van der Waals surface area contributed by atoms with E-state index in [1.807, 2.05) is 0 Å². The number of carbonyl (C=O) groups is 15. The van der Waals surface area contributed by atoms with Crippen molar-refractivity contribution in [3.8, 4) is 11.5 Å². The van der Waals surface area contributed by atoms with Gasteiger partial charge in [0, 0.05) is 74.5 Å². The van der Waals surface area contributed by atoms with Crippen molar-refractivity contribution in [3.05, 3.63) is 94.5 Å². The van der Waals surface area contributed by atoms with Crippen LogP contribution in [0.5, 0.6) is 11.5 Å².